The van der Waals surface area contributed by atoms with Gasteiger partial charge in [0.1, 0.15) is 16.4 Å². The Morgan fingerprint density at radius 3 is 2.40 bits per heavy atom. The van der Waals surface area contributed by atoms with Crippen LogP contribution in [0.4, 0.5) is 0 Å². The summed E-state index contributed by atoms with van der Waals surface area (Å²) < 4.78 is 28.1. The van der Waals surface area contributed by atoms with Crippen LogP contribution in [0.2, 0.25) is 0 Å². The molecule has 5 nitrogen and oxygen atoms in total. The Labute approximate surface area is 149 Å². The molecule has 0 radical (unpaired) electrons. The van der Waals surface area contributed by atoms with Gasteiger partial charge in [-0.3, -0.25) is 0 Å². The maximum atomic E-state index is 12.8. The highest BCUT2D eigenvalue weighted by atomic mass is 32.2. The molecule has 0 saturated heterocycles. The maximum Gasteiger partial charge on any atom is 0.244 e. The molecule has 0 heterocycles. The lowest BCUT2D eigenvalue weighted by Crippen LogP contribution is -2.31. The number of hydrogen-bond donors (Lipinski definition) is 3. The average Bonchev–Trinajstić information content (AvgIpc) is 2.45. The van der Waals surface area contributed by atoms with Crippen molar-refractivity contribution in [1.82, 2.24) is 4.72 Å². The molecule has 0 spiro atoms. The van der Waals surface area contributed by atoms with Gasteiger partial charge >= 0.3 is 0 Å². The minimum atomic E-state index is -3.91. The predicted molar refractivity (Wildman–Crippen MR) is 99.4 cm³/mol. The summed E-state index contributed by atoms with van der Waals surface area (Å²) in [4.78, 5) is -0.155. The Kier molecular flexibility index (Phi) is 5.75. The second-order valence-corrected chi connectivity index (χ2v) is 8.15. The molecule has 0 fully saturated rings. The normalized spacial score (nSPS) is 11.9. The first kappa shape index (κ1) is 19.3. The number of benzene rings is 2. The molecule has 0 amide bonds. The molecule has 136 valence electrons. The summed E-state index contributed by atoms with van der Waals surface area (Å²) in [6, 6.07) is 8.34. The highest BCUT2D eigenvalue weighted by molar-refractivity contribution is 7.89. The van der Waals surface area contributed by atoms with Crippen molar-refractivity contribution in [2.45, 2.75) is 51.5 Å². The molecule has 2 rings (SSSR count). The van der Waals surface area contributed by atoms with Crippen molar-refractivity contribution < 1.29 is 18.6 Å². The molecule has 0 aliphatic rings. The van der Waals surface area contributed by atoms with Crippen LogP contribution in [0.15, 0.2) is 35.2 Å². The van der Waals surface area contributed by atoms with E-state index in [-0.39, 0.29) is 22.3 Å². The minimum absolute atomic E-state index is 0.130. The molecule has 0 aliphatic carbocycles. The largest absolute Gasteiger partial charge is 0.507 e. The number of rotatable bonds is 6. The van der Waals surface area contributed by atoms with Gasteiger partial charge in [0.15, 0.2) is 0 Å². The quantitative estimate of drug-likeness (QED) is 0.730. The molecule has 2 aromatic rings. The molecule has 0 aromatic heterocycles. The van der Waals surface area contributed by atoms with Crippen molar-refractivity contribution in [2.75, 3.05) is 0 Å². The van der Waals surface area contributed by atoms with E-state index in [0.29, 0.717) is 24.0 Å². The highest BCUT2D eigenvalue weighted by Crippen LogP contribution is 2.44. The van der Waals surface area contributed by atoms with E-state index in [1.54, 1.807) is 32.0 Å². The van der Waals surface area contributed by atoms with Crippen LogP contribution in [-0.4, -0.2) is 24.7 Å². The van der Waals surface area contributed by atoms with Gasteiger partial charge in [0.05, 0.1) is 5.56 Å². The van der Waals surface area contributed by atoms with Crippen molar-refractivity contribution in [3.8, 4) is 22.6 Å². The van der Waals surface area contributed by atoms with Crippen LogP contribution in [0.1, 0.15) is 38.3 Å². The molecule has 0 bridgehead atoms. The fourth-order valence-corrected chi connectivity index (χ4v) is 4.50. The van der Waals surface area contributed by atoms with E-state index in [4.69, 9.17) is 0 Å². The van der Waals surface area contributed by atoms with Crippen LogP contribution in [0.25, 0.3) is 11.1 Å². The number of hydrogen-bond acceptors (Lipinski definition) is 4. The Balaban J connectivity index is 2.79. The molecule has 0 atom stereocenters. The summed E-state index contributed by atoms with van der Waals surface area (Å²) in [7, 11) is -3.91. The first-order valence-corrected chi connectivity index (χ1v) is 9.82. The van der Waals surface area contributed by atoms with Crippen LogP contribution in [0.3, 0.4) is 0 Å². The minimum Gasteiger partial charge on any atom is -0.507 e. The first-order chi connectivity index (χ1) is 11.7. The van der Waals surface area contributed by atoms with Crippen LogP contribution >= 0.6 is 0 Å². The molecule has 0 saturated carbocycles. The van der Waals surface area contributed by atoms with Crippen LogP contribution in [0, 0.1) is 6.92 Å². The van der Waals surface area contributed by atoms with E-state index in [1.807, 2.05) is 19.9 Å². The van der Waals surface area contributed by atoms with Gasteiger partial charge in [-0.2, -0.15) is 0 Å². The zero-order valence-corrected chi connectivity index (χ0v) is 15.8. The monoisotopic (exact) mass is 363 g/mol. The molecule has 0 aliphatic heterocycles. The van der Waals surface area contributed by atoms with Crippen molar-refractivity contribution in [1.29, 1.82) is 0 Å². The van der Waals surface area contributed by atoms with Crippen molar-refractivity contribution in [3.05, 3.63) is 41.5 Å². The molecule has 25 heavy (non-hydrogen) atoms. The first-order valence-electron chi connectivity index (χ1n) is 8.34. The number of sulfonamides is 1. The number of phenolic OH excluding ortho intramolecular Hbond substituents is 2. The SMILES string of the molecule is CCCc1cc(O)c(-c2cccc(C)c2)c(O)c1S(=O)(=O)NC(C)C. The third-order valence-electron chi connectivity index (χ3n) is 3.80. The van der Waals surface area contributed by atoms with Crippen LogP contribution < -0.4 is 4.72 Å². The average molecular weight is 363 g/mol. The van der Waals surface area contributed by atoms with E-state index in [9.17, 15) is 18.6 Å². The molecule has 2 aromatic carbocycles. The van der Waals surface area contributed by atoms with Crippen LogP contribution in [-0.2, 0) is 16.4 Å². The summed E-state index contributed by atoms with van der Waals surface area (Å²) in [6.07, 6.45) is 1.12. The van der Waals surface area contributed by atoms with Gasteiger partial charge in [0, 0.05) is 6.04 Å². The van der Waals surface area contributed by atoms with Gasteiger partial charge in [-0.05, 0) is 44.4 Å². The molecular weight excluding hydrogens is 338 g/mol. The third-order valence-corrected chi connectivity index (χ3v) is 5.57. The standard InChI is InChI=1S/C19H25NO4S/c1-5-7-15-11-16(21)17(14-9-6-8-13(4)10-14)18(22)19(15)25(23,24)20-12(2)3/h6,8-12,20-22H,5,7H2,1-4H3. The number of nitrogens with one attached hydrogen (secondary N) is 1. The van der Waals surface area contributed by atoms with E-state index in [1.165, 1.54) is 6.07 Å². The zero-order chi connectivity index (χ0) is 18.8. The number of aromatic hydroxyl groups is 2. The fourth-order valence-electron chi connectivity index (χ4n) is 2.90. The van der Waals surface area contributed by atoms with Gasteiger partial charge in [0.2, 0.25) is 10.0 Å². The third kappa shape index (κ3) is 4.14. The number of aryl methyl sites for hydroxylation is 2. The highest BCUT2D eigenvalue weighted by Gasteiger charge is 2.28. The summed E-state index contributed by atoms with van der Waals surface area (Å²) >= 11 is 0. The second kappa shape index (κ2) is 7.45. The summed E-state index contributed by atoms with van der Waals surface area (Å²) in [5.41, 5.74) is 2.05. The number of phenols is 2. The van der Waals surface area contributed by atoms with Gasteiger partial charge in [-0.1, -0.05) is 43.2 Å². The predicted octanol–water partition coefficient (Wildman–Crippen LogP) is 3.71. The summed E-state index contributed by atoms with van der Waals surface area (Å²) in [5, 5.41) is 21.2. The molecule has 6 heteroatoms. The van der Waals surface area contributed by atoms with E-state index in [0.717, 1.165) is 5.56 Å². The van der Waals surface area contributed by atoms with Gasteiger partial charge < -0.3 is 10.2 Å². The molecular formula is C19H25NO4S. The Hall–Kier alpha value is -2.05. The van der Waals surface area contributed by atoms with Crippen molar-refractivity contribution >= 4 is 10.0 Å². The van der Waals surface area contributed by atoms with Crippen LogP contribution in [0.5, 0.6) is 11.5 Å². The molecule has 3 N–H and O–H groups in total. The topological polar surface area (TPSA) is 86.6 Å². The zero-order valence-electron chi connectivity index (χ0n) is 15.0. The fraction of sp³-hybridized carbons (Fsp3) is 0.368. The lowest BCUT2D eigenvalue weighted by atomic mass is 9.98. The van der Waals surface area contributed by atoms with E-state index < -0.39 is 15.8 Å². The van der Waals surface area contributed by atoms with Gasteiger partial charge in [-0.25, -0.2) is 13.1 Å². The van der Waals surface area contributed by atoms with E-state index >= 15 is 0 Å². The van der Waals surface area contributed by atoms with E-state index in [2.05, 4.69) is 4.72 Å². The Morgan fingerprint density at radius 1 is 1.16 bits per heavy atom. The summed E-state index contributed by atoms with van der Waals surface area (Å²) in [5.74, 6) is -0.544. The smallest absolute Gasteiger partial charge is 0.244 e. The Bertz CT molecular complexity index is 873. The maximum absolute atomic E-state index is 12.8. The summed E-state index contributed by atoms with van der Waals surface area (Å²) in [6.45, 7) is 7.24. The van der Waals surface area contributed by atoms with Gasteiger partial charge in [-0.15, -0.1) is 0 Å². The molecule has 0 unspecified atom stereocenters. The van der Waals surface area contributed by atoms with Crippen molar-refractivity contribution in [3.63, 3.8) is 0 Å². The lowest BCUT2D eigenvalue weighted by Gasteiger charge is -2.18. The Morgan fingerprint density at radius 2 is 1.84 bits per heavy atom. The lowest BCUT2D eigenvalue weighted by molar-refractivity contribution is 0.440. The van der Waals surface area contributed by atoms with Crippen molar-refractivity contribution in [2.24, 2.45) is 0 Å². The van der Waals surface area contributed by atoms with Gasteiger partial charge in [0.25, 0.3) is 0 Å². The second-order valence-electron chi connectivity index (χ2n) is 6.50.